The van der Waals surface area contributed by atoms with Gasteiger partial charge in [0.05, 0.1) is 11.2 Å². The van der Waals surface area contributed by atoms with Gasteiger partial charge in [0.1, 0.15) is 17.2 Å². The Balaban J connectivity index is 2.11. The van der Waals surface area contributed by atoms with Crippen LogP contribution in [0.15, 0.2) is 54.1 Å². The van der Waals surface area contributed by atoms with E-state index in [4.69, 9.17) is 0 Å². The summed E-state index contributed by atoms with van der Waals surface area (Å²) in [5, 5.41) is 39.8. The molecule has 4 N–H and O–H groups in total. The van der Waals surface area contributed by atoms with Crippen LogP contribution in [0, 0.1) is 0 Å². The first-order valence-corrected chi connectivity index (χ1v) is 10.00. The molecule has 0 radical (unpaired) electrons. The first-order chi connectivity index (χ1) is 14.1. The van der Waals surface area contributed by atoms with Crippen LogP contribution in [0.4, 0.5) is 0 Å². The van der Waals surface area contributed by atoms with Crippen molar-refractivity contribution >= 4 is 11.9 Å². The van der Waals surface area contributed by atoms with Crippen LogP contribution < -0.4 is 0 Å². The molecule has 0 spiro atoms. The van der Waals surface area contributed by atoms with Gasteiger partial charge in [-0.2, -0.15) is 0 Å². The molecule has 0 fully saturated rings. The van der Waals surface area contributed by atoms with Crippen molar-refractivity contribution in [1.82, 2.24) is 0 Å². The minimum absolute atomic E-state index is 0.0629. The molecule has 0 amide bonds. The molecule has 5 nitrogen and oxygen atoms in total. The van der Waals surface area contributed by atoms with Gasteiger partial charge < -0.3 is 20.4 Å². The summed E-state index contributed by atoms with van der Waals surface area (Å²) in [4.78, 5) is 12.5. The number of phenolic OH excluding ortho intramolecular Hbond substituents is 3. The van der Waals surface area contributed by atoms with Crippen LogP contribution in [0.1, 0.15) is 61.5 Å². The molecule has 0 atom stereocenters. The summed E-state index contributed by atoms with van der Waals surface area (Å²) in [5.74, 6) is -0.529. The molecule has 0 saturated heterocycles. The fourth-order valence-corrected chi connectivity index (χ4v) is 3.05. The van der Waals surface area contributed by atoms with Crippen molar-refractivity contribution in [2.24, 2.45) is 0 Å². The molecule has 5 heteroatoms. The molecule has 0 aromatic heterocycles. The lowest BCUT2D eigenvalue weighted by atomic mass is 9.97. The summed E-state index contributed by atoms with van der Waals surface area (Å²) in [6, 6.07) is 9.21. The van der Waals surface area contributed by atoms with E-state index in [9.17, 15) is 25.2 Å². The van der Waals surface area contributed by atoms with Crippen molar-refractivity contribution in [2.45, 2.75) is 52.1 Å². The summed E-state index contributed by atoms with van der Waals surface area (Å²) in [6.07, 6.45) is 7.49. The Labute approximate surface area is 177 Å². The second kappa shape index (κ2) is 10.1. The van der Waals surface area contributed by atoms with Crippen LogP contribution in [-0.2, 0) is 6.42 Å². The maximum atomic E-state index is 12.5. The van der Waals surface area contributed by atoms with E-state index in [2.05, 4.69) is 0 Å². The molecule has 0 bridgehead atoms. The monoisotopic (exact) mass is 410 g/mol. The van der Waals surface area contributed by atoms with Gasteiger partial charge >= 0.3 is 0 Å². The number of phenols is 3. The van der Waals surface area contributed by atoms with Gasteiger partial charge in [-0.15, -0.1) is 0 Å². The number of hydrogen-bond donors (Lipinski definition) is 4. The number of hydrogen-bond acceptors (Lipinski definition) is 5. The third-order valence-corrected chi connectivity index (χ3v) is 4.86. The van der Waals surface area contributed by atoms with Crippen molar-refractivity contribution in [3.8, 4) is 17.2 Å². The second-order valence-corrected chi connectivity index (χ2v) is 8.17. The molecule has 0 aliphatic heterocycles. The minimum atomic E-state index is -0.695. The Hall–Kier alpha value is -3.05. The summed E-state index contributed by atoms with van der Waals surface area (Å²) in [7, 11) is 0. The smallest absolute Gasteiger partial charge is 0.189 e. The number of aromatic hydroxyl groups is 3. The summed E-state index contributed by atoms with van der Waals surface area (Å²) >= 11 is 0. The predicted molar refractivity (Wildman–Crippen MR) is 119 cm³/mol. The van der Waals surface area contributed by atoms with Crippen LogP contribution in [-0.4, -0.2) is 31.8 Å². The van der Waals surface area contributed by atoms with E-state index in [0.29, 0.717) is 18.4 Å². The first kappa shape index (κ1) is 23.2. The molecule has 0 aliphatic rings. The zero-order valence-corrected chi connectivity index (χ0v) is 17.7. The number of allylic oxidation sites excluding steroid dienone is 3. The van der Waals surface area contributed by atoms with Crippen LogP contribution >= 0.6 is 0 Å². The zero-order chi connectivity index (χ0) is 22.3. The summed E-state index contributed by atoms with van der Waals surface area (Å²) < 4.78 is 0. The maximum Gasteiger partial charge on any atom is 0.189 e. The lowest BCUT2D eigenvalue weighted by molar-refractivity contribution is 0.0689. The van der Waals surface area contributed by atoms with E-state index in [1.165, 1.54) is 30.3 Å². The highest BCUT2D eigenvalue weighted by Crippen LogP contribution is 2.32. The molecule has 0 saturated carbocycles. The lowest BCUT2D eigenvalue weighted by Crippen LogP contribution is -2.17. The van der Waals surface area contributed by atoms with Gasteiger partial charge in [-0.1, -0.05) is 29.9 Å². The van der Waals surface area contributed by atoms with Gasteiger partial charge in [0.15, 0.2) is 5.78 Å². The maximum absolute atomic E-state index is 12.5. The van der Waals surface area contributed by atoms with E-state index >= 15 is 0 Å². The zero-order valence-electron chi connectivity index (χ0n) is 17.7. The van der Waals surface area contributed by atoms with E-state index in [-0.39, 0.29) is 28.6 Å². The highest BCUT2D eigenvalue weighted by Gasteiger charge is 2.16. The molecule has 2 aromatic carbocycles. The van der Waals surface area contributed by atoms with Gasteiger partial charge in [-0.05, 0) is 82.4 Å². The SMILES string of the molecule is C/C(=C\Cc1c(O)ccc(C(=O)/C=C/c2ccc(O)cc2)c1O)CCCC(C)(C)O. The van der Waals surface area contributed by atoms with E-state index in [1.807, 2.05) is 13.0 Å². The van der Waals surface area contributed by atoms with E-state index in [1.54, 1.807) is 32.1 Å². The number of ketones is 1. The Morgan fingerprint density at radius 2 is 1.70 bits per heavy atom. The normalized spacial score (nSPS) is 12.5. The third-order valence-electron chi connectivity index (χ3n) is 4.86. The second-order valence-electron chi connectivity index (χ2n) is 8.17. The molecule has 0 unspecified atom stereocenters. The van der Waals surface area contributed by atoms with Crippen LogP contribution in [0.5, 0.6) is 17.2 Å². The molecular formula is C25H30O5. The minimum Gasteiger partial charge on any atom is -0.508 e. The molecule has 2 rings (SSSR count). The highest BCUT2D eigenvalue weighted by atomic mass is 16.3. The van der Waals surface area contributed by atoms with Crippen molar-refractivity contribution < 1.29 is 25.2 Å². The molecule has 30 heavy (non-hydrogen) atoms. The van der Waals surface area contributed by atoms with Crippen LogP contribution in [0.25, 0.3) is 6.08 Å². The molecule has 0 heterocycles. The topological polar surface area (TPSA) is 98.0 Å². The fourth-order valence-electron chi connectivity index (χ4n) is 3.05. The quantitative estimate of drug-likeness (QED) is 0.261. The van der Waals surface area contributed by atoms with Gasteiger partial charge in [0.25, 0.3) is 0 Å². The van der Waals surface area contributed by atoms with Gasteiger partial charge in [0, 0.05) is 5.56 Å². The predicted octanol–water partition coefficient (Wildman–Crippen LogP) is 5.13. The van der Waals surface area contributed by atoms with Crippen molar-refractivity contribution in [3.63, 3.8) is 0 Å². The van der Waals surface area contributed by atoms with Crippen molar-refractivity contribution in [3.05, 3.63) is 70.8 Å². The number of carbonyl (C=O) groups is 1. The molecule has 0 aliphatic carbocycles. The van der Waals surface area contributed by atoms with Crippen LogP contribution in [0.2, 0.25) is 0 Å². The van der Waals surface area contributed by atoms with E-state index in [0.717, 1.165) is 24.0 Å². The fraction of sp³-hybridized carbons (Fsp3) is 0.320. The number of aliphatic hydroxyl groups is 1. The largest absolute Gasteiger partial charge is 0.508 e. The number of benzene rings is 2. The van der Waals surface area contributed by atoms with Gasteiger partial charge in [0.2, 0.25) is 0 Å². The summed E-state index contributed by atoms with van der Waals surface area (Å²) in [6.45, 7) is 5.52. The highest BCUT2D eigenvalue weighted by molar-refractivity contribution is 6.09. The Bertz CT molecular complexity index is 931. The Kier molecular flexibility index (Phi) is 7.84. The van der Waals surface area contributed by atoms with Crippen LogP contribution in [0.3, 0.4) is 0 Å². The van der Waals surface area contributed by atoms with E-state index < -0.39 is 5.60 Å². The summed E-state index contributed by atoms with van der Waals surface area (Å²) in [5.41, 5.74) is 1.55. The van der Waals surface area contributed by atoms with Crippen molar-refractivity contribution in [1.29, 1.82) is 0 Å². The van der Waals surface area contributed by atoms with Gasteiger partial charge in [-0.3, -0.25) is 4.79 Å². The third kappa shape index (κ3) is 7.08. The lowest BCUT2D eigenvalue weighted by Gasteiger charge is -2.16. The van der Waals surface area contributed by atoms with Gasteiger partial charge in [-0.25, -0.2) is 0 Å². The number of rotatable bonds is 9. The average Bonchev–Trinajstić information content (AvgIpc) is 2.66. The molecular weight excluding hydrogens is 380 g/mol. The Morgan fingerprint density at radius 3 is 2.33 bits per heavy atom. The molecule has 160 valence electrons. The number of carbonyl (C=O) groups excluding carboxylic acids is 1. The molecule has 2 aromatic rings. The van der Waals surface area contributed by atoms with Crippen molar-refractivity contribution in [2.75, 3.05) is 0 Å². The average molecular weight is 411 g/mol. The Morgan fingerprint density at radius 1 is 1.03 bits per heavy atom. The first-order valence-electron chi connectivity index (χ1n) is 10.00. The standard InChI is InChI=1S/C25H30O5/c1-17(5-4-16-25(2,3)30)6-12-20-23(28)15-13-21(24(20)29)22(27)14-9-18-7-10-19(26)11-8-18/h6-11,13-15,26,28-30H,4-5,12,16H2,1-3H3/b14-9+,17-6+.